The standard InChI is InChI=1S/C18H25F3N2O3S/c1-12(2)13(3)22-17(24)14-7-9-23(10-8-14)27(25,26)16-6-4-5-15(11-16)18(19,20)21/h4-6,11-14H,7-10H2,1-3H3,(H,22,24). The average molecular weight is 406 g/mol. The molecule has 27 heavy (non-hydrogen) atoms. The number of piperidine rings is 1. The smallest absolute Gasteiger partial charge is 0.353 e. The Morgan fingerprint density at radius 3 is 2.30 bits per heavy atom. The molecule has 0 radical (unpaired) electrons. The average Bonchev–Trinajstić information content (AvgIpc) is 2.61. The van der Waals surface area contributed by atoms with Crippen molar-refractivity contribution in [1.29, 1.82) is 0 Å². The fourth-order valence-corrected chi connectivity index (χ4v) is 4.37. The topological polar surface area (TPSA) is 66.5 Å². The number of halogens is 3. The van der Waals surface area contributed by atoms with Crippen molar-refractivity contribution in [1.82, 2.24) is 9.62 Å². The van der Waals surface area contributed by atoms with E-state index in [-0.39, 0.29) is 41.8 Å². The summed E-state index contributed by atoms with van der Waals surface area (Å²) in [6.45, 7) is 6.11. The predicted octanol–water partition coefficient (Wildman–Crippen LogP) is 3.27. The summed E-state index contributed by atoms with van der Waals surface area (Å²) in [5, 5.41) is 2.93. The van der Waals surface area contributed by atoms with Gasteiger partial charge in [-0.1, -0.05) is 19.9 Å². The Hall–Kier alpha value is -1.61. The molecule has 1 heterocycles. The molecule has 1 atom stereocenters. The fourth-order valence-electron chi connectivity index (χ4n) is 2.85. The van der Waals surface area contributed by atoms with Crippen molar-refractivity contribution in [2.24, 2.45) is 11.8 Å². The van der Waals surface area contributed by atoms with E-state index in [1.165, 1.54) is 0 Å². The molecule has 9 heteroatoms. The summed E-state index contributed by atoms with van der Waals surface area (Å²) in [6, 6.07) is 3.75. The molecular formula is C18H25F3N2O3S. The molecule has 1 aromatic carbocycles. The Labute approximate surface area is 158 Å². The Kier molecular flexibility index (Phi) is 6.57. The van der Waals surface area contributed by atoms with Crippen molar-refractivity contribution >= 4 is 15.9 Å². The number of hydrogen-bond donors (Lipinski definition) is 1. The second-order valence-electron chi connectivity index (χ2n) is 7.25. The Bertz CT molecular complexity index is 770. The molecule has 1 fully saturated rings. The largest absolute Gasteiger partial charge is 0.416 e. The molecule has 2 rings (SSSR count). The van der Waals surface area contributed by atoms with Crippen LogP contribution in [0.2, 0.25) is 0 Å². The molecule has 0 aliphatic carbocycles. The number of hydrogen-bond acceptors (Lipinski definition) is 3. The van der Waals surface area contributed by atoms with Crippen molar-refractivity contribution in [2.45, 2.75) is 50.7 Å². The maximum atomic E-state index is 12.8. The molecule has 0 saturated carbocycles. The van der Waals surface area contributed by atoms with E-state index in [0.29, 0.717) is 18.9 Å². The van der Waals surface area contributed by atoms with Crippen molar-refractivity contribution in [2.75, 3.05) is 13.1 Å². The Balaban J connectivity index is 2.06. The van der Waals surface area contributed by atoms with Gasteiger partial charge in [-0.25, -0.2) is 8.42 Å². The highest BCUT2D eigenvalue weighted by Crippen LogP contribution is 2.32. The quantitative estimate of drug-likeness (QED) is 0.816. The van der Waals surface area contributed by atoms with E-state index in [1.807, 2.05) is 20.8 Å². The highest BCUT2D eigenvalue weighted by Gasteiger charge is 2.35. The van der Waals surface area contributed by atoms with Crippen LogP contribution < -0.4 is 5.32 Å². The van der Waals surface area contributed by atoms with Gasteiger partial charge in [0, 0.05) is 25.0 Å². The van der Waals surface area contributed by atoms with Gasteiger partial charge >= 0.3 is 6.18 Å². The zero-order chi connectivity index (χ0) is 20.4. The number of carbonyl (C=O) groups excluding carboxylic acids is 1. The zero-order valence-electron chi connectivity index (χ0n) is 15.6. The van der Waals surface area contributed by atoms with Crippen LogP contribution >= 0.6 is 0 Å². The van der Waals surface area contributed by atoms with Gasteiger partial charge in [0.2, 0.25) is 15.9 Å². The number of nitrogens with one attached hydrogen (secondary N) is 1. The summed E-state index contributed by atoms with van der Waals surface area (Å²) in [7, 11) is -4.03. The second kappa shape index (κ2) is 8.18. The van der Waals surface area contributed by atoms with Crippen molar-refractivity contribution in [3.05, 3.63) is 29.8 Å². The number of sulfonamides is 1. The molecule has 1 unspecified atom stereocenters. The van der Waals surface area contributed by atoms with Crippen LogP contribution in [-0.2, 0) is 21.0 Å². The molecule has 1 aliphatic heterocycles. The lowest BCUT2D eigenvalue weighted by atomic mass is 9.96. The molecule has 1 amide bonds. The minimum absolute atomic E-state index is 0.0179. The summed E-state index contributed by atoms with van der Waals surface area (Å²) in [5.74, 6) is -0.109. The van der Waals surface area contributed by atoms with Gasteiger partial charge < -0.3 is 5.32 Å². The Morgan fingerprint density at radius 2 is 1.78 bits per heavy atom. The molecule has 1 saturated heterocycles. The van der Waals surface area contributed by atoms with E-state index < -0.39 is 21.8 Å². The van der Waals surface area contributed by atoms with Crippen LogP contribution in [0.3, 0.4) is 0 Å². The van der Waals surface area contributed by atoms with Gasteiger partial charge in [-0.15, -0.1) is 0 Å². The molecular weight excluding hydrogens is 381 g/mol. The van der Waals surface area contributed by atoms with E-state index in [1.54, 1.807) is 0 Å². The number of carbonyl (C=O) groups is 1. The maximum absolute atomic E-state index is 12.8. The number of amides is 1. The highest BCUT2D eigenvalue weighted by atomic mass is 32.2. The van der Waals surface area contributed by atoms with Crippen LogP contribution in [0.5, 0.6) is 0 Å². The molecule has 0 bridgehead atoms. The summed E-state index contributed by atoms with van der Waals surface area (Å²) >= 11 is 0. The van der Waals surface area contributed by atoms with Crippen LogP contribution in [-0.4, -0.2) is 37.8 Å². The SMILES string of the molecule is CC(C)C(C)NC(=O)C1CCN(S(=O)(=O)c2cccc(C(F)(F)F)c2)CC1. The van der Waals surface area contributed by atoms with Gasteiger partial charge in [0.15, 0.2) is 0 Å². The Morgan fingerprint density at radius 1 is 1.19 bits per heavy atom. The van der Waals surface area contributed by atoms with Gasteiger partial charge in [-0.2, -0.15) is 17.5 Å². The molecule has 1 aromatic rings. The first-order valence-electron chi connectivity index (χ1n) is 8.90. The third-order valence-corrected chi connectivity index (χ3v) is 6.89. The maximum Gasteiger partial charge on any atom is 0.416 e. The first-order valence-corrected chi connectivity index (χ1v) is 10.3. The first kappa shape index (κ1) is 21.7. The van der Waals surface area contributed by atoms with E-state index in [0.717, 1.165) is 22.5 Å². The zero-order valence-corrected chi connectivity index (χ0v) is 16.4. The van der Waals surface area contributed by atoms with E-state index in [9.17, 15) is 26.4 Å². The number of rotatable bonds is 5. The van der Waals surface area contributed by atoms with E-state index in [2.05, 4.69) is 5.32 Å². The van der Waals surface area contributed by atoms with Crippen LogP contribution in [0, 0.1) is 11.8 Å². The van der Waals surface area contributed by atoms with Crippen LogP contribution in [0.25, 0.3) is 0 Å². The van der Waals surface area contributed by atoms with Crippen LogP contribution in [0.1, 0.15) is 39.2 Å². The summed E-state index contributed by atoms with van der Waals surface area (Å²) in [5.41, 5.74) is -1.000. The molecule has 0 spiro atoms. The number of benzene rings is 1. The monoisotopic (exact) mass is 406 g/mol. The third kappa shape index (κ3) is 5.22. The van der Waals surface area contributed by atoms with Gasteiger partial charge in [0.1, 0.15) is 0 Å². The predicted molar refractivity (Wildman–Crippen MR) is 95.4 cm³/mol. The number of alkyl halides is 3. The first-order chi connectivity index (χ1) is 12.4. The van der Waals surface area contributed by atoms with Gasteiger partial charge in [-0.3, -0.25) is 4.79 Å². The lowest BCUT2D eigenvalue weighted by Gasteiger charge is -2.31. The second-order valence-corrected chi connectivity index (χ2v) is 9.18. The molecule has 0 aromatic heterocycles. The van der Waals surface area contributed by atoms with Gasteiger partial charge in [0.05, 0.1) is 10.5 Å². The molecule has 1 N–H and O–H groups in total. The minimum Gasteiger partial charge on any atom is -0.353 e. The fraction of sp³-hybridized carbons (Fsp3) is 0.611. The van der Waals surface area contributed by atoms with Gasteiger partial charge in [-0.05, 0) is 43.9 Å². The third-order valence-electron chi connectivity index (χ3n) is 4.99. The van der Waals surface area contributed by atoms with Crippen molar-refractivity contribution < 1.29 is 26.4 Å². The molecule has 152 valence electrons. The lowest BCUT2D eigenvalue weighted by molar-refractivity contribution is -0.137. The van der Waals surface area contributed by atoms with E-state index >= 15 is 0 Å². The summed E-state index contributed by atoms with van der Waals surface area (Å²) in [4.78, 5) is 11.9. The van der Waals surface area contributed by atoms with Crippen molar-refractivity contribution in [3.8, 4) is 0 Å². The number of nitrogens with zero attached hydrogens (tertiary/aromatic N) is 1. The normalized spacial score (nSPS) is 18.5. The molecule has 5 nitrogen and oxygen atoms in total. The lowest BCUT2D eigenvalue weighted by Crippen LogP contribution is -2.45. The highest BCUT2D eigenvalue weighted by molar-refractivity contribution is 7.89. The minimum atomic E-state index is -4.61. The van der Waals surface area contributed by atoms with Crippen LogP contribution in [0.15, 0.2) is 29.2 Å². The van der Waals surface area contributed by atoms with Crippen molar-refractivity contribution in [3.63, 3.8) is 0 Å². The summed E-state index contributed by atoms with van der Waals surface area (Å²) < 4.78 is 65.0. The molecule has 1 aliphatic rings. The van der Waals surface area contributed by atoms with Crippen LogP contribution in [0.4, 0.5) is 13.2 Å². The van der Waals surface area contributed by atoms with E-state index in [4.69, 9.17) is 0 Å². The summed E-state index contributed by atoms with van der Waals surface area (Å²) in [6.07, 6.45) is -3.92. The van der Waals surface area contributed by atoms with Gasteiger partial charge in [0.25, 0.3) is 0 Å².